The average molecular weight is 337 g/mol. The molecule has 0 saturated heterocycles. The molecule has 0 fully saturated rings. The van der Waals surface area contributed by atoms with Gasteiger partial charge in [0.2, 0.25) is 0 Å². The van der Waals surface area contributed by atoms with Crippen molar-refractivity contribution in [2.45, 2.75) is 13.3 Å². The predicted octanol–water partition coefficient (Wildman–Crippen LogP) is 4.33. The van der Waals surface area contributed by atoms with E-state index in [1.54, 1.807) is 19.2 Å². The van der Waals surface area contributed by atoms with Gasteiger partial charge in [-0.3, -0.25) is 4.79 Å². The summed E-state index contributed by atoms with van der Waals surface area (Å²) in [6.45, 7) is 1.94. The van der Waals surface area contributed by atoms with Crippen molar-refractivity contribution in [1.82, 2.24) is 0 Å². The molecule has 0 radical (unpaired) electrons. The lowest BCUT2D eigenvalue weighted by Gasteiger charge is -2.09. The summed E-state index contributed by atoms with van der Waals surface area (Å²) in [6.07, 6.45) is 0.109. The van der Waals surface area contributed by atoms with Crippen molar-refractivity contribution in [1.29, 1.82) is 0 Å². The lowest BCUT2D eigenvalue weighted by Crippen LogP contribution is -2.08. The van der Waals surface area contributed by atoms with Gasteiger partial charge in [0.25, 0.3) is 0 Å². The Labute approximate surface area is 125 Å². The van der Waals surface area contributed by atoms with Gasteiger partial charge in [-0.25, -0.2) is 4.39 Å². The van der Waals surface area contributed by atoms with Crippen molar-refractivity contribution < 1.29 is 13.9 Å². The molecule has 0 amide bonds. The van der Waals surface area contributed by atoms with E-state index in [1.165, 1.54) is 6.07 Å². The predicted molar refractivity (Wildman–Crippen MR) is 79.9 cm³/mol. The van der Waals surface area contributed by atoms with E-state index >= 15 is 0 Å². The van der Waals surface area contributed by atoms with E-state index in [0.29, 0.717) is 10.2 Å². The molecule has 0 atom stereocenters. The van der Waals surface area contributed by atoms with Crippen molar-refractivity contribution >= 4 is 21.7 Å². The maximum absolute atomic E-state index is 13.9. The summed E-state index contributed by atoms with van der Waals surface area (Å²) in [7, 11) is 1.55. The van der Waals surface area contributed by atoms with Gasteiger partial charge in [-0.2, -0.15) is 0 Å². The molecule has 0 aromatic heterocycles. The quantitative estimate of drug-likeness (QED) is 0.776. The van der Waals surface area contributed by atoms with Crippen LogP contribution in [-0.2, 0) is 6.42 Å². The van der Waals surface area contributed by atoms with Crippen LogP contribution in [0.4, 0.5) is 4.39 Å². The zero-order valence-electron chi connectivity index (χ0n) is 11.2. The Balaban J connectivity index is 2.32. The number of hydrogen-bond donors (Lipinski definition) is 0. The van der Waals surface area contributed by atoms with Gasteiger partial charge in [0, 0.05) is 12.0 Å². The second-order valence-corrected chi connectivity index (χ2v) is 5.37. The fourth-order valence-electron chi connectivity index (χ4n) is 2.03. The molecule has 4 heteroatoms. The standard InChI is InChI=1S/C16H14BrFO2/c1-10-6-7-15(20-2)11(8-10)9-14(19)12-4-3-5-13(17)16(12)18/h3-8H,9H2,1-2H3. The molecule has 0 unspecified atom stereocenters. The first-order chi connectivity index (χ1) is 9.52. The summed E-state index contributed by atoms with van der Waals surface area (Å²) < 4.78 is 19.4. The van der Waals surface area contributed by atoms with Crippen LogP contribution in [0.5, 0.6) is 5.75 Å². The molecule has 2 nitrogen and oxygen atoms in total. The van der Waals surface area contributed by atoms with Crippen molar-refractivity contribution in [3.63, 3.8) is 0 Å². The van der Waals surface area contributed by atoms with Crippen molar-refractivity contribution in [3.05, 3.63) is 63.4 Å². The molecule has 0 aliphatic rings. The number of ether oxygens (including phenoxy) is 1. The molecule has 0 aliphatic carbocycles. The van der Waals surface area contributed by atoms with Gasteiger partial charge in [-0.15, -0.1) is 0 Å². The minimum absolute atomic E-state index is 0.0861. The first kappa shape index (κ1) is 14.7. The number of ketones is 1. The Morgan fingerprint density at radius 3 is 2.75 bits per heavy atom. The zero-order valence-corrected chi connectivity index (χ0v) is 12.8. The molecular weight excluding hydrogens is 323 g/mol. The molecule has 2 aromatic rings. The minimum atomic E-state index is -0.524. The van der Waals surface area contributed by atoms with E-state index in [0.717, 1.165) is 11.1 Å². The Hall–Kier alpha value is -1.68. The van der Waals surface area contributed by atoms with E-state index < -0.39 is 5.82 Å². The Morgan fingerprint density at radius 2 is 2.05 bits per heavy atom. The van der Waals surface area contributed by atoms with Crippen LogP contribution in [-0.4, -0.2) is 12.9 Å². The molecule has 2 aromatic carbocycles. The Morgan fingerprint density at radius 1 is 1.30 bits per heavy atom. The maximum Gasteiger partial charge on any atom is 0.170 e. The summed E-state index contributed by atoms with van der Waals surface area (Å²) in [5.41, 5.74) is 1.88. The van der Waals surface area contributed by atoms with Crippen molar-refractivity contribution in [2.24, 2.45) is 0 Å². The summed E-state index contributed by atoms with van der Waals surface area (Å²) >= 11 is 3.09. The van der Waals surface area contributed by atoms with E-state index in [9.17, 15) is 9.18 Å². The molecule has 0 spiro atoms. The average Bonchev–Trinajstić information content (AvgIpc) is 2.42. The number of carbonyl (C=O) groups excluding carboxylic acids is 1. The molecule has 0 N–H and O–H groups in total. The van der Waals surface area contributed by atoms with Crippen LogP contribution in [0.3, 0.4) is 0 Å². The molecule has 0 aliphatic heterocycles. The smallest absolute Gasteiger partial charge is 0.170 e. The fourth-order valence-corrected chi connectivity index (χ4v) is 2.40. The summed E-state index contributed by atoms with van der Waals surface area (Å²) in [4.78, 5) is 12.3. The first-order valence-electron chi connectivity index (χ1n) is 6.13. The molecular formula is C16H14BrFO2. The number of rotatable bonds is 4. The monoisotopic (exact) mass is 336 g/mol. The van der Waals surface area contributed by atoms with E-state index in [2.05, 4.69) is 15.9 Å². The van der Waals surface area contributed by atoms with E-state index in [4.69, 9.17) is 4.74 Å². The highest BCUT2D eigenvalue weighted by Crippen LogP contribution is 2.24. The van der Waals surface area contributed by atoms with Gasteiger partial charge < -0.3 is 4.74 Å². The number of benzene rings is 2. The number of hydrogen-bond acceptors (Lipinski definition) is 2. The lowest BCUT2D eigenvalue weighted by molar-refractivity contribution is 0.0988. The third kappa shape index (κ3) is 3.07. The number of Topliss-reactive ketones (excluding diaryl/α,β-unsaturated/α-hetero) is 1. The normalized spacial score (nSPS) is 10.4. The number of aryl methyl sites for hydroxylation is 1. The lowest BCUT2D eigenvalue weighted by atomic mass is 10.0. The van der Waals surface area contributed by atoms with Crippen LogP contribution >= 0.6 is 15.9 Å². The van der Waals surface area contributed by atoms with Gasteiger partial charge in [-0.1, -0.05) is 23.8 Å². The van der Waals surface area contributed by atoms with Gasteiger partial charge >= 0.3 is 0 Å². The second-order valence-electron chi connectivity index (χ2n) is 4.52. The largest absolute Gasteiger partial charge is 0.496 e. The highest BCUT2D eigenvalue weighted by Gasteiger charge is 2.16. The zero-order chi connectivity index (χ0) is 14.7. The molecule has 2 rings (SSSR count). The molecule has 20 heavy (non-hydrogen) atoms. The summed E-state index contributed by atoms with van der Waals surface area (Å²) in [5, 5.41) is 0. The Bertz CT molecular complexity index is 653. The summed E-state index contributed by atoms with van der Waals surface area (Å²) in [5.74, 6) is -0.156. The highest BCUT2D eigenvalue weighted by atomic mass is 79.9. The second kappa shape index (κ2) is 6.18. The van der Waals surface area contributed by atoms with Gasteiger partial charge in [-0.05, 0) is 41.1 Å². The fraction of sp³-hybridized carbons (Fsp3) is 0.188. The SMILES string of the molecule is COc1ccc(C)cc1CC(=O)c1cccc(Br)c1F. The van der Waals surface area contributed by atoms with E-state index in [-0.39, 0.29) is 17.8 Å². The van der Waals surface area contributed by atoms with Crippen LogP contribution in [0, 0.1) is 12.7 Å². The maximum atomic E-state index is 13.9. The number of methoxy groups -OCH3 is 1. The minimum Gasteiger partial charge on any atom is -0.496 e. The van der Waals surface area contributed by atoms with Gasteiger partial charge in [0.1, 0.15) is 11.6 Å². The van der Waals surface area contributed by atoms with E-state index in [1.807, 2.05) is 25.1 Å². The van der Waals surface area contributed by atoms with Gasteiger partial charge in [0.15, 0.2) is 5.78 Å². The van der Waals surface area contributed by atoms with Crippen LogP contribution in [0.2, 0.25) is 0 Å². The topological polar surface area (TPSA) is 26.3 Å². The third-order valence-corrected chi connectivity index (χ3v) is 3.65. The van der Waals surface area contributed by atoms with Crippen LogP contribution in [0.15, 0.2) is 40.9 Å². The highest BCUT2D eigenvalue weighted by molar-refractivity contribution is 9.10. The number of halogens is 2. The van der Waals surface area contributed by atoms with Crippen LogP contribution in [0.25, 0.3) is 0 Å². The van der Waals surface area contributed by atoms with Crippen LogP contribution < -0.4 is 4.74 Å². The van der Waals surface area contributed by atoms with Crippen LogP contribution in [0.1, 0.15) is 21.5 Å². The van der Waals surface area contributed by atoms with Crippen molar-refractivity contribution in [2.75, 3.05) is 7.11 Å². The summed E-state index contributed by atoms with van der Waals surface area (Å²) in [6, 6.07) is 10.3. The third-order valence-electron chi connectivity index (χ3n) is 3.04. The first-order valence-corrected chi connectivity index (χ1v) is 6.93. The molecule has 0 saturated carbocycles. The molecule has 104 valence electrons. The molecule has 0 heterocycles. The molecule has 0 bridgehead atoms. The Kier molecular flexibility index (Phi) is 4.55. The van der Waals surface area contributed by atoms with Crippen molar-refractivity contribution in [3.8, 4) is 5.75 Å². The van der Waals surface area contributed by atoms with Gasteiger partial charge in [0.05, 0.1) is 17.1 Å². The number of carbonyl (C=O) groups is 1.